The molecule has 3 fully saturated rings. The van der Waals surface area contributed by atoms with Crippen molar-refractivity contribution in [1.82, 2.24) is 10.2 Å². The molecule has 0 radical (unpaired) electrons. The molecule has 7 rings (SSSR count). The van der Waals surface area contributed by atoms with Crippen LogP contribution in [0.5, 0.6) is 5.75 Å². The van der Waals surface area contributed by atoms with Crippen LogP contribution in [0.4, 0.5) is 15.8 Å². The van der Waals surface area contributed by atoms with Crippen molar-refractivity contribution in [2.24, 2.45) is 0 Å². The highest BCUT2D eigenvalue weighted by Crippen LogP contribution is 2.43. The van der Waals surface area contributed by atoms with Crippen LogP contribution in [0.15, 0.2) is 42.5 Å². The zero-order valence-electron chi connectivity index (χ0n) is 25.6. The quantitative estimate of drug-likeness (QED) is 0.340. The third-order valence-electron chi connectivity index (χ3n) is 9.40. The molecule has 0 spiro atoms. The number of nitrogens with zero attached hydrogens (tertiary/aromatic N) is 3. The monoisotopic (exact) mass is 668 g/mol. The SMILES string of the molecule is CC1CN(c2cc(Cl)c(C(=O)N3COc4c(cccc4-c4cc(N5C6CCC5COC6)c(C(=O)O)cc4F)C3)c(Cl)c2)C[C@H](C)N1. The summed E-state index contributed by atoms with van der Waals surface area (Å²) in [5.41, 5.74) is 2.86. The molecule has 4 aliphatic rings. The van der Waals surface area contributed by atoms with E-state index in [4.69, 9.17) is 32.7 Å². The number of benzene rings is 3. The summed E-state index contributed by atoms with van der Waals surface area (Å²) >= 11 is 13.4. The molecular weight excluding hydrogens is 634 g/mol. The zero-order valence-corrected chi connectivity index (χ0v) is 27.1. The summed E-state index contributed by atoms with van der Waals surface area (Å²) in [6, 6.07) is 12.3. The van der Waals surface area contributed by atoms with E-state index in [0.29, 0.717) is 47.9 Å². The summed E-state index contributed by atoms with van der Waals surface area (Å²) in [4.78, 5) is 31.8. The van der Waals surface area contributed by atoms with Gasteiger partial charge in [-0.25, -0.2) is 9.18 Å². The number of aromatic carboxylic acids is 1. The largest absolute Gasteiger partial charge is 0.478 e. The second-order valence-electron chi connectivity index (χ2n) is 12.7. The molecule has 4 aliphatic heterocycles. The van der Waals surface area contributed by atoms with Crippen LogP contribution in [0.3, 0.4) is 0 Å². The van der Waals surface area contributed by atoms with Crippen molar-refractivity contribution in [3.63, 3.8) is 0 Å². The van der Waals surface area contributed by atoms with Crippen LogP contribution in [0.25, 0.3) is 11.1 Å². The number of hydrogen-bond donors (Lipinski definition) is 2. The number of carbonyl (C=O) groups excluding carboxylic acids is 1. The fraction of sp³-hybridized carbons (Fsp3) is 0.412. The number of nitrogens with one attached hydrogen (secondary N) is 1. The van der Waals surface area contributed by atoms with Crippen molar-refractivity contribution >= 4 is 46.5 Å². The van der Waals surface area contributed by atoms with Crippen molar-refractivity contribution in [2.45, 2.75) is 57.4 Å². The van der Waals surface area contributed by atoms with Gasteiger partial charge < -0.3 is 34.6 Å². The number of fused-ring (bicyclic) bond motifs is 3. The van der Waals surface area contributed by atoms with E-state index in [1.807, 2.05) is 6.07 Å². The Labute approximate surface area is 276 Å². The molecule has 3 aromatic rings. The molecule has 0 saturated carbocycles. The number of ether oxygens (including phenoxy) is 2. The summed E-state index contributed by atoms with van der Waals surface area (Å²) in [5.74, 6) is -1.78. The fourth-order valence-corrected chi connectivity index (χ4v) is 8.07. The van der Waals surface area contributed by atoms with Gasteiger partial charge in [0.1, 0.15) is 11.6 Å². The molecule has 46 heavy (non-hydrogen) atoms. The summed E-state index contributed by atoms with van der Waals surface area (Å²) in [7, 11) is 0. The Bertz CT molecular complexity index is 1670. The van der Waals surface area contributed by atoms with Crippen molar-refractivity contribution in [2.75, 3.05) is 42.8 Å². The summed E-state index contributed by atoms with van der Waals surface area (Å²) < 4.78 is 27.5. The van der Waals surface area contributed by atoms with Crippen LogP contribution in [0.2, 0.25) is 10.0 Å². The molecule has 0 aliphatic carbocycles. The van der Waals surface area contributed by atoms with Crippen molar-refractivity contribution < 1.29 is 28.6 Å². The second-order valence-corrected chi connectivity index (χ2v) is 13.5. The average Bonchev–Trinajstić information content (AvgIpc) is 3.26. The van der Waals surface area contributed by atoms with Gasteiger partial charge in [-0.3, -0.25) is 4.79 Å². The van der Waals surface area contributed by atoms with Gasteiger partial charge in [-0.15, -0.1) is 0 Å². The third kappa shape index (κ3) is 5.55. The highest BCUT2D eigenvalue weighted by Gasteiger charge is 2.40. The lowest BCUT2D eigenvalue weighted by Crippen LogP contribution is -2.54. The Hall–Kier alpha value is -3.57. The van der Waals surface area contributed by atoms with Crippen molar-refractivity contribution in [3.05, 3.63) is 75.0 Å². The number of hydrogen-bond acceptors (Lipinski definition) is 7. The fourth-order valence-electron chi connectivity index (χ4n) is 7.43. The molecule has 9 nitrogen and oxygen atoms in total. The number of carbonyl (C=O) groups is 2. The number of anilines is 2. The Morgan fingerprint density at radius 2 is 1.65 bits per heavy atom. The van der Waals surface area contributed by atoms with E-state index < -0.39 is 11.8 Å². The lowest BCUT2D eigenvalue weighted by atomic mass is 9.96. The first kappa shape index (κ1) is 31.1. The van der Waals surface area contributed by atoms with Crippen LogP contribution in [0, 0.1) is 5.82 Å². The third-order valence-corrected chi connectivity index (χ3v) is 9.99. The van der Waals surface area contributed by atoms with E-state index in [1.165, 1.54) is 4.90 Å². The van der Waals surface area contributed by atoms with E-state index in [2.05, 4.69) is 29.0 Å². The molecule has 0 aromatic heterocycles. The van der Waals surface area contributed by atoms with Gasteiger partial charge in [-0.2, -0.15) is 0 Å². The maximum Gasteiger partial charge on any atom is 0.337 e. The Kier molecular flexibility index (Phi) is 8.25. The maximum absolute atomic E-state index is 15.7. The minimum absolute atomic E-state index is 0.0346. The molecule has 3 aromatic carbocycles. The first-order valence-corrected chi connectivity index (χ1v) is 16.3. The standard InChI is InChI=1S/C34H35Cl2FN4O5/c1-18-12-39(13-19(2)38-18)23-8-27(35)31(28(36)9-23)33(42)40-14-20-4-3-5-24(32(20)46-17-40)25-11-30(26(34(43)44)10-29(25)37)41-21-6-7-22(41)16-45-15-21/h3-5,8-11,18-19,21-22,38H,6-7,12-17H2,1-2H3,(H,43,44)/t18-,19?,21?,22?/m0/s1. The Morgan fingerprint density at radius 3 is 2.30 bits per heavy atom. The lowest BCUT2D eigenvalue weighted by Gasteiger charge is -2.38. The molecule has 4 heterocycles. The van der Waals surface area contributed by atoms with Gasteiger partial charge in [0.2, 0.25) is 0 Å². The zero-order chi connectivity index (χ0) is 32.3. The van der Waals surface area contributed by atoms with Gasteiger partial charge in [0.25, 0.3) is 5.91 Å². The van der Waals surface area contributed by atoms with Crippen LogP contribution >= 0.6 is 23.2 Å². The number of carboxylic acid groups (broad SMARTS) is 1. The maximum atomic E-state index is 15.7. The number of amides is 1. The Morgan fingerprint density at radius 1 is 0.978 bits per heavy atom. The smallest absolute Gasteiger partial charge is 0.337 e. The molecule has 2 N–H and O–H groups in total. The molecule has 4 atom stereocenters. The summed E-state index contributed by atoms with van der Waals surface area (Å²) in [5, 5.41) is 14.0. The number of para-hydroxylation sites is 1. The van der Waals surface area contributed by atoms with Crippen molar-refractivity contribution in [3.8, 4) is 16.9 Å². The average molecular weight is 670 g/mol. The van der Waals surface area contributed by atoms with E-state index in [1.54, 1.807) is 30.3 Å². The molecule has 2 bridgehead atoms. The van der Waals surface area contributed by atoms with Crippen molar-refractivity contribution in [1.29, 1.82) is 0 Å². The molecule has 1 amide bonds. The number of morpholine rings is 1. The van der Waals surface area contributed by atoms with E-state index in [-0.39, 0.29) is 58.0 Å². The number of rotatable bonds is 5. The van der Waals surface area contributed by atoms with Crippen LogP contribution < -0.4 is 19.9 Å². The minimum Gasteiger partial charge on any atom is -0.478 e. The lowest BCUT2D eigenvalue weighted by molar-refractivity contribution is 0.0516. The normalized spacial score (nSPS) is 24.1. The van der Waals surface area contributed by atoms with Crippen LogP contribution in [-0.2, 0) is 11.3 Å². The first-order valence-electron chi connectivity index (χ1n) is 15.6. The summed E-state index contributed by atoms with van der Waals surface area (Å²) in [6.45, 7) is 6.92. The topological polar surface area (TPSA) is 94.6 Å². The van der Waals surface area contributed by atoms with Gasteiger partial charge in [0.05, 0.1) is 58.7 Å². The van der Waals surface area contributed by atoms with Gasteiger partial charge in [-0.1, -0.05) is 41.4 Å². The molecule has 3 saturated heterocycles. The molecular formula is C34H35Cl2FN4O5. The predicted molar refractivity (Wildman–Crippen MR) is 175 cm³/mol. The van der Waals surface area contributed by atoms with E-state index >= 15 is 4.39 Å². The number of carboxylic acids is 1. The van der Waals surface area contributed by atoms with Gasteiger partial charge in [-0.05, 0) is 51.0 Å². The highest BCUT2D eigenvalue weighted by atomic mass is 35.5. The van der Waals surface area contributed by atoms with Gasteiger partial charge >= 0.3 is 5.97 Å². The number of piperazine rings is 1. The van der Waals surface area contributed by atoms with Crippen LogP contribution in [-0.4, -0.2) is 79.1 Å². The minimum atomic E-state index is -1.19. The van der Waals surface area contributed by atoms with Gasteiger partial charge in [0.15, 0.2) is 6.73 Å². The summed E-state index contributed by atoms with van der Waals surface area (Å²) in [6.07, 6.45) is 1.77. The van der Waals surface area contributed by atoms with Gasteiger partial charge in [0, 0.05) is 47.6 Å². The molecule has 242 valence electrons. The Balaban J connectivity index is 1.17. The van der Waals surface area contributed by atoms with E-state index in [0.717, 1.165) is 37.7 Å². The molecule has 3 unspecified atom stereocenters. The van der Waals surface area contributed by atoms with Crippen LogP contribution in [0.1, 0.15) is 53.0 Å². The predicted octanol–water partition coefficient (Wildman–Crippen LogP) is 6.04. The number of halogens is 3. The van der Waals surface area contributed by atoms with E-state index in [9.17, 15) is 14.7 Å². The second kappa shape index (κ2) is 12.2. The molecule has 12 heteroatoms. The first-order chi connectivity index (χ1) is 22.1. The highest BCUT2D eigenvalue weighted by molar-refractivity contribution is 6.40.